The summed E-state index contributed by atoms with van der Waals surface area (Å²) >= 11 is 0. The molecule has 3 aliphatic rings. The van der Waals surface area contributed by atoms with Gasteiger partial charge in [0.25, 0.3) is 0 Å². The number of nitrogens with zero attached hydrogens (tertiary/aromatic N) is 3. The Labute approximate surface area is 205 Å². The maximum atomic E-state index is 11.5. The predicted octanol–water partition coefficient (Wildman–Crippen LogP) is 5.07. The van der Waals surface area contributed by atoms with E-state index in [1.54, 1.807) is 7.05 Å². The zero-order chi connectivity index (χ0) is 24.1. The van der Waals surface area contributed by atoms with Gasteiger partial charge in [-0.1, -0.05) is 37.3 Å². The number of nitriles is 1. The van der Waals surface area contributed by atoms with Crippen molar-refractivity contribution in [3.63, 3.8) is 0 Å². The number of fused-ring (bicyclic) bond motifs is 4. The van der Waals surface area contributed by atoms with Gasteiger partial charge in [-0.2, -0.15) is 5.26 Å². The highest BCUT2D eigenvalue weighted by Crippen LogP contribution is 2.27. The molecule has 0 amide bonds. The molecule has 6 nitrogen and oxygen atoms in total. The maximum Gasteiger partial charge on any atom is 0.419 e. The Hall–Kier alpha value is -2.88. The van der Waals surface area contributed by atoms with Crippen molar-refractivity contribution < 1.29 is 7.27 Å². The third kappa shape index (κ3) is 5.60. The van der Waals surface area contributed by atoms with Crippen LogP contribution in [0.15, 0.2) is 51.7 Å². The van der Waals surface area contributed by atoms with E-state index in [-0.39, 0.29) is 14.5 Å². The van der Waals surface area contributed by atoms with E-state index < -0.39 is 0 Å². The van der Waals surface area contributed by atoms with Gasteiger partial charge in [-0.05, 0) is 87.0 Å². The second kappa shape index (κ2) is 11.0. The number of hydrogen-bond donors (Lipinski definition) is 1. The van der Waals surface area contributed by atoms with Gasteiger partial charge in [-0.25, -0.2) is 4.79 Å². The highest BCUT2D eigenvalue weighted by atomic mass is 16.4. The van der Waals surface area contributed by atoms with Crippen LogP contribution in [0.25, 0.3) is 22.2 Å². The molecule has 34 heavy (non-hydrogen) atoms. The summed E-state index contributed by atoms with van der Waals surface area (Å²) in [5.41, 5.74) is 4.63. The molecular weight excluding hydrogens is 424 g/mol. The molecule has 2 bridgehead atoms. The molecule has 0 aliphatic carbocycles. The lowest BCUT2D eigenvalue weighted by Crippen LogP contribution is -2.56. The summed E-state index contributed by atoms with van der Waals surface area (Å²) in [6.07, 6.45) is 4.89. The van der Waals surface area contributed by atoms with E-state index in [0.29, 0.717) is 5.58 Å². The first-order valence-corrected chi connectivity index (χ1v) is 12.5. The molecule has 1 aromatic heterocycles. The van der Waals surface area contributed by atoms with Crippen LogP contribution in [0.1, 0.15) is 41.5 Å². The molecule has 184 valence electrons. The third-order valence-electron chi connectivity index (χ3n) is 7.15. The minimum atomic E-state index is -0.354. The molecule has 3 saturated heterocycles. The summed E-state index contributed by atoms with van der Waals surface area (Å²) in [6, 6.07) is 16.9. The van der Waals surface area contributed by atoms with E-state index >= 15 is 0 Å². The summed E-state index contributed by atoms with van der Waals surface area (Å²) < 4.78 is 6.64. The van der Waals surface area contributed by atoms with Gasteiger partial charge in [0.15, 0.2) is 5.58 Å². The van der Waals surface area contributed by atoms with Crippen LogP contribution in [0.5, 0.6) is 0 Å². The van der Waals surface area contributed by atoms with Crippen LogP contribution in [0.2, 0.25) is 0 Å². The highest BCUT2D eigenvalue weighted by molar-refractivity contribution is 5.80. The molecule has 3 aliphatic heterocycles. The van der Waals surface area contributed by atoms with Crippen LogP contribution in [-0.4, -0.2) is 41.7 Å². The van der Waals surface area contributed by atoms with E-state index in [2.05, 4.69) is 23.2 Å². The average molecular weight is 465 g/mol. The topological polar surface area (TPSA) is 74.2 Å². The molecule has 0 radical (unpaired) electrons. The van der Waals surface area contributed by atoms with Crippen molar-refractivity contribution in [1.82, 2.24) is 14.8 Å². The van der Waals surface area contributed by atoms with Crippen LogP contribution >= 0.6 is 0 Å². The molecule has 2 unspecified atom stereocenters. The molecule has 0 saturated carbocycles. The van der Waals surface area contributed by atoms with E-state index in [1.165, 1.54) is 50.0 Å². The summed E-state index contributed by atoms with van der Waals surface area (Å²) in [5, 5.41) is 12.5. The SMILES string of the molecule is CC(C#N)Cc1ccc(-c2ccc3oc(=O)n(C)c3c2)cc1.CCCNC1CN2CCC1CC2.[HH].[HH]. The molecule has 6 heteroatoms. The minimum Gasteiger partial charge on any atom is -0.408 e. The largest absolute Gasteiger partial charge is 0.419 e. The second-order valence-electron chi connectivity index (χ2n) is 9.74. The third-order valence-corrected chi connectivity index (χ3v) is 7.15. The predicted molar refractivity (Wildman–Crippen MR) is 141 cm³/mol. The van der Waals surface area contributed by atoms with E-state index in [4.69, 9.17) is 9.68 Å². The Morgan fingerprint density at radius 2 is 1.88 bits per heavy atom. The summed E-state index contributed by atoms with van der Waals surface area (Å²) in [6.45, 7) is 9.39. The number of nitrogens with one attached hydrogen (secondary N) is 1. The van der Waals surface area contributed by atoms with Crippen LogP contribution in [-0.2, 0) is 13.5 Å². The highest BCUT2D eigenvalue weighted by Gasteiger charge is 2.33. The van der Waals surface area contributed by atoms with Gasteiger partial charge in [0.2, 0.25) is 0 Å². The maximum absolute atomic E-state index is 11.5. The Balaban J connectivity index is 0.000000278. The van der Waals surface area contributed by atoms with Gasteiger partial charge >= 0.3 is 5.76 Å². The second-order valence-corrected chi connectivity index (χ2v) is 9.74. The van der Waals surface area contributed by atoms with Gasteiger partial charge in [-0.3, -0.25) is 4.57 Å². The molecule has 3 fully saturated rings. The van der Waals surface area contributed by atoms with Gasteiger partial charge < -0.3 is 14.6 Å². The number of aromatic nitrogens is 1. The van der Waals surface area contributed by atoms with Gasteiger partial charge in [-0.15, -0.1) is 0 Å². The number of benzene rings is 2. The smallest absolute Gasteiger partial charge is 0.408 e. The average Bonchev–Trinajstić information content (AvgIpc) is 3.17. The summed E-state index contributed by atoms with van der Waals surface area (Å²) in [7, 11) is 1.70. The number of aryl methyl sites for hydroxylation is 1. The first-order chi connectivity index (χ1) is 16.5. The van der Waals surface area contributed by atoms with Crippen molar-refractivity contribution in [3.8, 4) is 17.2 Å². The van der Waals surface area contributed by atoms with Crippen LogP contribution in [0, 0.1) is 23.2 Å². The first-order valence-electron chi connectivity index (χ1n) is 12.5. The molecular formula is C28H40N4O2. The van der Waals surface area contributed by atoms with Crippen molar-refractivity contribution in [2.45, 2.75) is 45.6 Å². The quantitative estimate of drug-likeness (QED) is 0.551. The van der Waals surface area contributed by atoms with E-state index in [1.807, 2.05) is 49.4 Å². The number of oxazole rings is 1. The molecule has 2 atom stereocenters. The lowest BCUT2D eigenvalue weighted by molar-refractivity contribution is 0.0730. The Morgan fingerprint density at radius 1 is 1.18 bits per heavy atom. The molecule has 1 N–H and O–H groups in total. The van der Waals surface area contributed by atoms with Gasteiger partial charge in [0.1, 0.15) is 0 Å². The normalized spacial score (nSPS) is 22.1. The fourth-order valence-electron chi connectivity index (χ4n) is 5.06. The molecule has 4 heterocycles. The van der Waals surface area contributed by atoms with E-state index in [9.17, 15) is 4.79 Å². The zero-order valence-electron chi connectivity index (χ0n) is 20.6. The van der Waals surface area contributed by atoms with Crippen molar-refractivity contribution in [1.29, 1.82) is 5.26 Å². The van der Waals surface area contributed by atoms with Crippen LogP contribution in [0.4, 0.5) is 0 Å². The summed E-state index contributed by atoms with van der Waals surface area (Å²) in [5.74, 6) is 0.650. The van der Waals surface area contributed by atoms with Crippen LogP contribution in [0.3, 0.4) is 0 Å². The van der Waals surface area contributed by atoms with Gasteiger partial charge in [0.05, 0.1) is 11.6 Å². The standard InChI is InChI=1S/C18H16N2O2.C10H20N2.2H2/c1-12(11-19)9-13-3-5-14(6-4-13)15-7-8-17-16(10-15)20(2)18(21)22-17;1-2-5-11-10-8-12-6-3-9(10)4-7-12;;/h3-8,10,12H,9H2,1-2H3;9-11H,2-8H2,1H3;2*1H. The fraction of sp³-hybridized carbons (Fsp3) is 0.500. The van der Waals surface area contributed by atoms with E-state index in [0.717, 1.165) is 40.6 Å². The fourth-order valence-corrected chi connectivity index (χ4v) is 5.06. The number of piperidine rings is 3. The van der Waals surface area contributed by atoms with Gasteiger partial charge in [0, 0.05) is 28.4 Å². The Kier molecular flexibility index (Phi) is 7.87. The molecule has 0 spiro atoms. The molecule has 3 aromatic rings. The van der Waals surface area contributed by atoms with Crippen molar-refractivity contribution in [2.24, 2.45) is 18.9 Å². The van der Waals surface area contributed by atoms with Crippen molar-refractivity contribution in [3.05, 3.63) is 58.6 Å². The minimum absolute atomic E-state index is 0. The van der Waals surface area contributed by atoms with Crippen LogP contribution < -0.4 is 11.1 Å². The monoisotopic (exact) mass is 464 g/mol. The zero-order valence-corrected chi connectivity index (χ0v) is 20.6. The Bertz CT molecular complexity index is 1190. The lowest BCUT2D eigenvalue weighted by atomic mass is 9.84. The van der Waals surface area contributed by atoms with Crippen molar-refractivity contribution in [2.75, 3.05) is 26.2 Å². The molecule has 6 rings (SSSR count). The Morgan fingerprint density at radius 3 is 2.50 bits per heavy atom. The van der Waals surface area contributed by atoms with Crippen molar-refractivity contribution >= 4 is 11.1 Å². The summed E-state index contributed by atoms with van der Waals surface area (Å²) in [4.78, 5) is 14.1. The lowest BCUT2D eigenvalue weighted by Gasteiger charge is -2.45. The first kappa shape index (κ1) is 24.3. The number of hydrogen-bond acceptors (Lipinski definition) is 5. The molecule has 2 aromatic carbocycles. The number of rotatable bonds is 6.